The first-order chi connectivity index (χ1) is 27.1. The van der Waals surface area contributed by atoms with Crippen LogP contribution in [0.2, 0.25) is 0 Å². The second kappa shape index (κ2) is 13.7. The van der Waals surface area contributed by atoms with E-state index in [1.54, 1.807) is 0 Å². The highest BCUT2D eigenvalue weighted by molar-refractivity contribution is 7.25. The van der Waals surface area contributed by atoms with Crippen molar-refractivity contribution >= 4 is 75.8 Å². The van der Waals surface area contributed by atoms with Gasteiger partial charge >= 0.3 is 0 Å². The molecule has 0 saturated heterocycles. The van der Waals surface area contributed by atoms with Crippen LogP contribution in [0.25, 0.3) is 75.1 Å². The van der Waals surface area contributed by atoms with Gasteiger partial charge in [0.15, 0.2) is 5.84 Å². The van der Waals surface area contributed by atoms with Crippen molar-refractivity contribution in [1.82, 2.24) is 0 Å². The zero-order valence-corrected chi connectivity index (χ0v) is 31.3. The molecule has 0 saturated carbocycles. The summed E-state index contributed by atoms with van der Waals surface area (Å²) in [5.74, 6) is 0.693. The molecule has 10 rings (SSSR count). The summed E-state index contributed by atoms with van der Waals surface area (Å²) in [6.45, 7) is 4.24. The van der Waals surface area contributed by atoms with Crippen LogP contribution in [0.3, 0.4) is 0 Å². The number of aliphatic imine (C=N–C) groups is 2. The van der Waals surface area contributed by atoms with Crippen molar-refractivity contribution in [3.63, 3.8) is 0 Å². The monoisotopic (exact) mass is 724 g/mol. The molecule has 0 spiro atoms. The Bertz CT molecular complexity index is 3110. The number of fused-ring (bicyclic) bond motifs is 7. The molecule has 0 bridgehead atoms. The lowest BCUT2D eigenvalue weighted by atomic mass is 9.95. The predicted octanol–water partition coefficient (Wildman–Crippen LogP) is 14.5. The second-order valence-electron chi connectivity index (χ2n) is 14.1. The molecule has 0 aliphatic carbocycles. The molecule has 0 fully saturated rings. The summed E-state index contributed by atoms with van der Waals surface area (Å²) >= 11 is 1.84. The molecule has 0 aliphatic rings. The first-order valence-electron chi connectivity index (χ1n) is 18.7. The van der Waals surface area contributed by atoms with Crippen molar-refractivity contribution in [2.45, 2.75) is 19.9 Å². The third kappa shape index (κ3) is 6.01. The average Bonchev–Trinajstić information content (AvgIpc) is 3.82. The van der Waals surface area contributed by atoms with E-state index in [-0.39, 0.29) is 6.04 Å². The fourth-order valence-corrected chi connectivity index (χ4v) is 9.00. The molecule has 1 unspecified atom stereocenters. The van der Waals surface area contributed by atoms with Crippen LogP contribution in [0.15, 0.2) is 190 Å². The van der Waals surface area contributed by atoms with Gasteiger partial charge in [-0.15, -0.1) is 11.3 Å². The summed E-state index contributed by atoms with van der Waals surface area (Å²) in [6.07, 6.45) is 0. The average molecular weight is 725 g/mol. The van der Waals surface area contributed by atoms with Crippen molar-refractivity contribution < 1.29 is 4.42 Å². The third-order valence-electron chi connectivity index (χ3n) is 10.7. The van der Waals surface area contributed by atoms with Crippen LogP contribution in [-0.4, -0.2) is 11.5 Å². The Morgan fingerprint density at radius 3 is 2.09 bits per heavy atom. The maximum atomic E-state index is 6.56. The minimum absolute atomic E-state index is 0.120. The lowest BCUT2D eigenvalue weighted by molar-refractivity contribution is 0.669. The summed E-state index contributed by atoms with van der Waals surface area (Å²) in [7, 11) is 0. The van der Waals surface area contributed by atoms with Crippen molar-refractivity contribution in [3.05, 3.63) is 193 Å². The first kappa shape index (κ1) is 33.0. The molecule has 10 aromatic rings. The molecule has 1 atom stereocenters. The number of nitrogens with zero attached hydrogens (tertiary/aromatic N) is 2. The Morgan fingerprint density at radius 1 is 0.545 bits per heavy atom. The molecule has 262 valence electrons. The number of hydrogen-bond acceptors (Lipinski definition) is 3. The Morgan fingerprint density at radius 2 is 1.24 bits per heavy atom. The molecule has 4 heteroatoms. The maximum absolute atomic E-state index is 6.56. The van der Waals surface area contributed by atoms with Crippen LogP contribution in [0.4, 0.5) is 0 Å². The maximum Gasteiger partial charge on any atom is 0.155 e. The Kier molecular flexibility index (Phi) is 8.19. The molecule has 2 aromatic heterocycles. The van der Waals surface area contributed by atoms with E-state index < -0.39 is 0 Å². The highest BCUT2D eigenvalue weighted by Gasteiger charge is 2.19. The van der Waals surface area contributed by atoms with Crippen molar-refractivity contribution in [1.29, 1.82) is 0 Å². The Balaban J connectivity index is 1.11. The second-order valence-corrected chi connectivity index (χ2v) is 15.2. The predicted molar refractivity (Wildman–Crippen MR) is 235 cm³/mol. The van der Waals surface area contributed by atoms with Gasteiger partial charge in [0.05, 0.1) is 6.04 Å². The zero-order valence-electron chi connectivity index (χ0n) is 30.5. The minimum Gasteiger partial charge on any atom is -0.456 e. The van der Waals surface area contributed by atoms with Crippen LogP contribution in [0.1, 0.15) is 36.6 Å². The summed E-state index contributed by atoms with van der Waals surface area (Å²) in [6, 6.07) is 62.2. The SMILES string of the molecule is CC(=NC(=NC(C)c1ccc2ccccc2c1)c1ccc(-c2ccccc2)cc1)c1cccc2oc3cccc(-c4ccc5c(c4)sc4ccccc45)c3c12. The fraction of sp³-hybridized carbons (Fsp3) is 0.0588. The van der Waals surface area contributed by atoms with Gasteiger partial charge in [0, 0.05) is 47.8 Å². The lowest BCUT2D eigenvalue weighted by Gasteiger charge is -2.13. The van der Waals surface area contributed by atoms with Gasteiger partial charge < -0.3 is 4.42 Å². The smallest absolute Gasteiger partial charge is 0.155 e. The summed E-state index contributed by atoms with van der Waals surface area (Å²) in [5.41, 5.74) is 10.4. The molecule has 55 heavy (non-hydrogen) atoms. The molecule has 3 nitrogen and oxygen atoms in total. The van der Waals surface area contributed by atoms with Crippen LogP contribution in [-0.2, 0) is 0 Å². The van der Waals surface area contributed by atoms with Gasteiger partial charge in [-0.2, -0.15) is 0 Å². The highest BCUT2D eigenvalue weighted by atomic mass is 32.1. The quantitative estimate of drug-likeness (QED) is 0.124. The van der Waals surface area contributed by atoms with Gasteiger partial charge in [0.2, 0.25) is 0 Å². The van der Waals surface area contributed by atoms with Gasteiger partial charge in [-0.25, -0.2) is 4.99 Å². The van der Waals surface area contributed by atoms with Gasteiger partial charge in [0.25, 0.3) is 0 Å². The van der Waals surface area contributed by atoms with Crippen LogP contribution < -0.4 is 0 Å². The van der Waals surface area contributed by atoms with Crippen molar-refractivity contribution in [2.24, 2.45) is 9.98 Å². The summed E-state index contributed by atoms with van der Waals surface area (Å²) < 4.78 is 9.14. The number of benzene rings is 8. The number of hydrogen-bond donors (Lipinski definition) is 0. The van der Waals surface area contributed by atoms with Crippen molar-refractivity contribution in [3.8, 4) is 22.3 Å². The van der Waals surface area contributed by atoms with Gasteiger partial charge in [-0.1, -0.05) is 146 Å². The molecule has 2 heterocycles. The highest BCUT2D eigenvalue weighted by Crippen LogP contribution is 2.41. The fourth-order valence-electron chi connectivity index (χ4n) is 7.86. The van der Waals surface area contributed by atoms with E-state index in [2.05, 4.69) is 184 Å². The Labute approximate surface area is 323 Å². The molecular weight excluding hydrogens is 689 g/mol. The largest absolute Gasteiger partial charge is 0.456 e. The number of rotatable bonds is 6. The topological polar surface area (TPSA) is 37.9 Å². The van der Waals surface area contributed by atoms with E-state index in [1.165, 1.54) is 42.1 Å². The number of amidine groups is 1. The number of thiophene rings is 1. The summed E-state index contributed by atoms with van der Waals surface area (Å²) in [4.78, 5) is 10.7. The minimum atomic E-state index is -0.120. The first-order valence-corrected chi connectivity index (χ1v) is 19.5. The van der Waals surface area contributed by atoms with Crippen LogP contribution in [0.5, 0.6) is 0 Å². The molecular formula is C51H36N2OS. The van der Waals surface area contributed by atoms with Gasteiger partial charge in [-0.3, -0.25) is 4.99 Å². The van der Waals surface area contributed by atoms with Crippen molar-refractivity contribution in [2.75, 3.05) is 0 Å². The van der Waals surface area contributed by atoms with Gasteiger partial charge in [0.1, 0.15) is 11.2 Å². The Hall–Kier alpha value is -6.62. The normalized spacial score (nSPS) is 13.1. The van der Waals surface area contributed by atoms with E-state index in [1.807, 2.05) is 17.4 Å². The van der Waals surface area contributed by atoms with E-state index in [9.17, 15) is 0 Å². The van der Waals surface area contributed by atoms with Crippen LogP contribution in [0, 0.1) is 0 Å². The van der Waals surface area contributed by atoms with E-state index in [0.29, 0.717) is 5.84 Å². The van der Waals surface area contributed by atoms with Gasteiger partial charge in [-0.05, 0) is 82.8 Å². The van der Waals surface area contributed by atoms with E-state index in [0.717, 1.165) is 55.5 Å². The molecule has 0 aliphatic heterocycles. The molecule has 0 N–H and O–H groups in total. The number of furan rings is 1. The van der Waals surface area contributed by atoms with Crippen LogP contribution >= 0.6 is 11.3 Å². The lowest BCUT2D eigenvalue weighted by Crippen LogP contribution is -2.06. The summed E-state index contributed by atoms with van der Waals surface area (Å²) in [5, 5.41) is 7.18. The van der Waals surface area contributed by atoms with E-state index >= 15 is 0 Å². The standard InChI is InChI=1S/C51H36N2OS/c1-32(38-27-24-35-14-6-7-15-39(35)30-38)52-51(37-25-22-36(23-26-37)34-12-4-3-5-13-34)53-33(2)41-17-10-19-45-49(41)50-42(18-11-20-46(50)54-45)40-28-29-44-43-16-8-9-21-47(43)55-48(44)31-40/h3-32H,1-2H3. The van der Waals surface area contributed by atoms with E-state index in [4.69, 9.17) is 14.4 Å². The molecule has 0 amide bonds. The molecule has 0 radical (unpaired) electrons. The zero-order chi connectivity index (χ0) is 36.9. The third-order valence-corrected chi connectivity index (χ3v) is 11.8. The molecule has 8 aromatic carbocycles.